The van der Waals surface area contributed by atoms with E-state index in [9.17, 15) is 31.6 Å². The molecule has 2 aromatic rings. The van der Waals surface area contributed by atoms with Crippen LogP contribution in [0.2, 0.25) is 0 Å². The van der Waals surface area contributed by atoms with Crippen molar-refractivity contribution in [1.82, 2.24) is 14.7 Å². The Morgan fingerprint density at radius 3 is 2.54 bits per heavy atom. The molecule has 0 aliphatic carbocycles. The first kappa shape index (κ1) is 30.9. The number of anilines is 1. The smallest absolute Gasteiger partial charge is 0.395 e. The van der Waals surface area contributed by atoms with Gasteiger partial charge in [0.25, 0.3) is 5.91 Å². The Balaban J connectivity index is 1.33. The number of amidine groups is 1. The van der Waals surface area contributed by atoms with Crippen LogP contribution >= 0.6 is 0 Å². The van der Waals surface area contributed by atoms with Crippen molar-refractivity contribution >= 4 is 27.5 Å². The number of piperidine rings is 1. The maximum atomic E-state index is 13.1. The molecule has 1 fully saturated rings. The Kier molecular flexibility index (Phi) is 9.39. The highest BCUT2D eigenvalue weighted by molar-refractivity contribution is 7.89. The monoisotopic (exact) mass is 597 g/mol. The number of aliphatic imine (C=N–C) groups is 1. The lowest BCUT2D eigenvalue weighted by Gasteiger charge is -2.34. The van der Waals surface area contributed by atoms with Crippen molar-refractivity contribution in [2.24, 2.45) is 4.99 Å². The molecule has 2 aliphatic rings. The summed E-state index contributed by atoms with van der Waals surface area (Å²) in [6.07, 6.45) is -3.97. The van der Waals surface area contributed by atoms with Crippen molar-refractivity contribution in [3.63, 3.8) is 0 Å². The number of hydroxylamine groups is 2. The predicted octanol–water partition coefficient (Wildman–Crippen LogP) is 2.39. The first-order chi connectivity index (χ1) is 19.3. The average molecular weight is 598 g/mol. The van der Waals surface area contributed by atoms with Gasteiger partial charge in [0.1, 0.15) is 11.4 Å². The van der Waals surface area contributed by atoms with Crippen LogP contribution in [0.3, 0.4) is 0 Å². The van der Waals surface area contributed by atoms with E-state index in [1.165, 1.54) is 16.4 Å². The first-order valence-electron chi connectivity index (χ1n) is 13.3. The fourth-order valence-electron chi connectivity index (χ4n) is 4.98. The fraction of sp³-hybridized carbons (Fsp3) is 0.481. The van der Waals surface area contributed by atoms with E-state index in [-0.39, 0.29) is 56.2 Å². The minimum atomic E-state index is -4.53. The van der Waals surface area contributed by atoms with Gasteiger partial charge in [-0.25, -0.2) is 12.7 Å². The number of sulfonamides is 1. The molecule has 4 N–H and O–H groups in total. The minimum Gasteiger partial charge on any atom is -0.395 e. The van der Waals surface area contributed by atoms with Crippen LogP contribution in [0.1, 0.15) is 35.1 Å². The molecular weight excluding hydrogens is 563 g/mol. The van der Waals surface area contributed by atoms with Crippen molar-refractivity contribution in [1.29, 1.82) is 0 Å². The number of benzene rings is 2. The molecule has 2 aliphatic heterocycles. The van der Waals surface area contributed by atoms with Crippen LogP contribution in [-0.4, -0.2) is 90.5 Å². The summed E-state index contributed by atoms with van der Waals surface area (Å²) in [5, 5.41) is 25.2. The van der Waals surface area contributed by atoms with E-state index in [1.54, 1.807) is 0 Å². The van der Waals surface area contributed by atoms with E-state index >= 15 is 0 Å². The zero-order valence-corrected chi connectivity index (χ0v) is 23.4. The molecule has 4 rings (SSSR count). The number of rotatable bonds is 11. The van der Waals surface area contributed by atoms with Gasteiger partial charge in [-0.1, -0.05) is 18.2 Å². The highest BCUT2D eigenvalue weighted by atomic mass is 32.2. The Hall–Kier alpha value is -3.04. The van der Waals surface area contributed by atoms with Crippen molar-refractivity contribution < 1.29 is 36.7 Å². The number of hydrogen-bond donors (Lipinski definition) is 4. The Bertz CT molecular complexity index is 1390. The summed E-state index contributed by atoms with van der Waals surface area (Å²) in [6, 6.07) is 10.2. The third kappa shape index (κ3) is 7.43. The van der Waals surface area contributed by atoms with Gasteiger partial charge in [0.2, 0.25) is 10.0 Å². The molecule has 0 radical (unpaired) electrons. The van der Waals surface area contributed by atoms with E-state index in [4.69, 9.17) is 5.11 Å². The fourth-order valence-corrected chi connectivity index (χ4v) is 6.46. The molecular formula is C27H34F3N5O5S. The second kappa shape index (κ2) is 12.4. The van der Waals surface area contributed by atoms with Crippen LogP contribution in [-0.2, 0) is 27.4 Å². The van der Waals surface area contributed by atoms with Crippen LogP contribution in [0.25, 0.3) is 0 Å². The third-order valence-corrected chi connectivity index (χ3v) is 9.29. The standard InChI is InChI=1S/C27H34F3N5O5S/c1-19-17-23(31-10-13-34(38)14-15-36)6-5-20(19)7-16-41(39,40)35-11-8-26(9-12-35)25(37)32-24(33-26)21-3-2-4-22(18-21)27(28,29)30/h2-6,17-18,31,36,38H,7-16H2,1H3,(H,32,33,37). The molecule has 0 saturated carbocycles. The Morgan fingerprint density at radius 1 is 1.15 bits per heavy atom. The second-order valence-electron chi connectivity index (χ2n) is 10.2. The summed E-state index contributed by atoms with van der Waals surface area (Å²) in [6.45, 7) is 2.86. The summed E-state index contributed by atoms with van der Waals surface area (Å²) in [4.78, 5) is 17.3. The number of hydrogen-bond acceptors (Lipinski definition) is 8. The summed E-state index contributed by atoms with van der Waals surface area (Å²) < 4.78 is 67.0. The largest absolute Gasteiger partial charge is 0.416 e. The summed E-state index contributed by atoms with van der Waals surface area (Å²) in [5.41, 5.74) is 0.712. The molecule has 1 spiro atoms. The molecule has 0 bridgehead atoms. The molecule has 224 valence electrons. The van der Waals surface area contributed by atoms with Crippen LogP contribution in [0.5, 0.6) is 0 Å². The molecule has 10 nitrogen and oxygen atoms in total. The highest BCUT2D eigenvalue weighted by Crippen LogP contribution is 2.34. The average Bonchev–Trinajstić information content (AvgIpc) is 3.23. The zero-order valence-electron chi connectivity index (χ0n) is 22.6. The molecule has 0 atom stereocenters. The molecule has 1 saturated heterocycles. The van der Waals surface area contributed by atoms with Gasteiger partial charge in [-0.3, -0.25) is 9.79 Å². The highest BCUT2D eigenvalue weighted by Gasteiger charge is 2.47. The van der Waals surface area contributed by atoms with Crippen molar-refractivity contribution in [2.45, 2.75) is 37.9 Å². The van der Waals surface area contributed by atoms with E-state index in [1.807, 2.05) is 25.1 Å². The van der Waals surface area contributed by atoms with E-state index in [0.717, 1.165) is 34.0 Å². The number of alkyl halides is 3. The van der Waals surface area contributed by atoms with Crippen LogP contribution in [0, 0.1) is 6.92 Å². The first-order valence-corrected chi connectivity index (χ1v) is 14.9. The third-order valence-electron chi connectivity index (χ3n) is 7.42. The SMILES string of the molecule is Cc1cc(NCCN(O)CCO)ccc1CCS(=O)(=O)N1CCC2(CC1)N=C(c1cccc(C(F)(F)F)c1)NC2=O. The maximum Gasteiger partial charge on any atom is 0.416 e. The molecule has 2 heterocycles. The molecule has 14 heteroatoms. The van der Waals surface area contributed by atoms with Gasteiger partial charge in [0.05, 0.1) is 17.9 Å². The maximum absolute atomic E-state index is 13.1. The number of nitrogens with one attached hydrogen (secondary N) is 2. The van der Waals surface area contributed by atoms with Crippen molar-refractivity contribution in [3.05, 3.63) is 64.7 Å². The number of aliphatic hydroxyl groups is 1. The van der Waals surface area contributed by atoms with Crippen molar-refractivity contribution in [2.75, 3.05) is 50.4 Å². The number of aliphatic hydroxyl groups excluding tert-OH is 1. The molecule has 0 aromatic heterocycles. The van der Waals surface area contributed by atoms with Gasteiger partial charge in [0, 0.05) is 44.0 Å². The lowest BCUT2D eigenvalue weighted by atomic mass is 9.89. The van der Waals surface area contributed by atoms with Gasteiger partial charge < -0.3 is 20.9 Å². The van der Waals surface area contributed by atoms with Gasteiger partial charge in [-0.2, -0.15) is 18.2 Å². The van der Waals surface area contributed by atoms with Crippen molar-refractivity contribution in [3.8, 4) is 0 Å². The Morgan fingerprint density at radius 2 is 1.88 bits per heavy atom. The van der Waals surface area contributed by atoms with Crippen LogP contribution in [0.15, 0.2) is 47.5 Å². The molecule has 2 aromatic carbocycles. The van der Waals surface area contributed by atoms with Gasteiger partial charge in [-0.15, -0.1) is 0 Å². The predicted molar refractivity (Wildman–Crippen MR) is 147 cm³/mol. The van der Waals surface area contributed by atoms with Gasteiger partial charge >= 0.3 is 6.18 Å². The normalized spacial score (nSPS) is 17.6. The molecule has 0 unspecified atom stereocenters. The lowest BCUT2D eigenvalue weighted by Crippen LogP contribution is -2.50. The van der Waals surface area contributed by atoms with E-state index in [0.29, 0.717) is 19.5 Å². The Labute approximate surface area is 236 Å². The summed E-state index contributed by atoms with van der Waals surface area (Å²) >= 11 is 0. The minimum absolute atomic E-state index is 0.0599. The number of nitrogens with zero attached hydrogens (tertiary/aromatic N) is 3. The second-order valence-corrected chi connectivity index (χ2v) is 12.3. The van der Waals surface area contributed by atoms with E-state index in [2.05, 4.69) is 15.6 Å². The zero-order chi connectivity index (χ0) is 29.8. The van der Waals surface area contributed by atoms with Gasteiger partial charge in [0.15, 0.2) is 0 Å². The van der Waals surface area contributed by atoms with Crippen LogP contribution in [0.4, 0.5) is 18.9 Å². The number of halogens is 3. The quantitative estimate of drug-likeness (QED) is 0.292. The number of aryl methyl sites for hydroxylation is 2. The number of carbonyl (C=O) groups is 1. The van der Waals surface area contributed by atoms with Gasteiger partial charge in [-0.05, 0) is 61.6 Å². The van der Waals surface area contributed by atoms with E-state index < -0.39 is 33.2 Å². The molecule has 41 heavy (non-hydrogen) atoms. The van der Waals surface area contributed by atoms with Crippen LogP contribution < -0.4 is 10.6 Å². The molecule has 1 amide bonds. The number of amides is 1. The summed E-state index contributed by atoms with van der Waals surface area (Å²) in [5.74, 6) is -0.491. The summed E-state index contributed by atoms with van der Waals surface area (Å²) in [7, 11) is -3.63. The number of carbonyl (C=O) groups excluding carboxylic acids is 1. The topological polar surface area (TPSA) is 135 Å². The lowest BCUT2D eigenvalue weighted by molar-refractivity contribution is -0.137.